The van der Waals surface area contributed by atoms with Gasteiger partial charge in [0.05, 0.1) is 29.2 Å². The van der Waals surface area contributed by atoms with Crippen LogP contribution in [-0.4, -0.2) is 51.8 Å². The first-order valence-electron chi connectivity index (χ1n) is 11.1. The van der Waals surface area contributed by atoms with E-state index >= 15 is 0 Å². The fourth-order valence-electron chi connectivity index (χ4n) is 4.14. The van der Waals surface area contributed by atoms with Crippen molar-refractivity contribution < 1.29 is 9.18 Å². The lowest BCUT2D eigenvalue weighted by Crippen LogP contribution is -2.44. The summed E-state index contributed by atoms with van der Waals surface area (Å²) in [6, 6.07) is 6.24. The number of benzene rings is 1. The number of nitrogens with zero attached hydrogens (tertiary/aromatic N) is 4. The molecule has 1 N–H and O–H groups in total. The molecule has 2 aromatic heterocycles. The summed E-state index contributed by atoms with van der Waals surface area (Å²) in [4.78, 5) is 19.7. The summed E-state index contributed by atoms with van der Waals surface area (Å²) in [5, 5.41) is 8.37. The zero-order valence-electron chi connectivity index (χ0n) is 18.8. The molecule has 1 aliphatic heterocycles. The van der Waals surface area contributed by atoms with Gasteiger partial charge in [-0.1, -0.05) is 20.8 Å². The minimum Gasteiger partial charge on any atom is -0.349 e. The van der Waals surface area contributed by atoms with E-state index in [9.17, 15) is 9.18 Å². The topological polar surface area (TPSA) is 63.1 Å². The molecule has 7 heteroatoms. The molecule has 166 valence electrons. The van der Waals surface area contributed by atoms with Gasteiger partial charge >= 0.3 is 0 Å². The van der Waals surface area contributed by atoms with Crippen molar-refractivity contribution in [2.24, 2.45) is 5.92 Å². The first-order chi connectivity index (χ1) is 15.1. The number of aromatic nitrogens is 3. The van der Waals surface area contributed by atoms with Crippen LogP contribution in [0.4, 0.5) is 4.39 Å². The highest BCUT2D eigenvalue weighted by Gasteiger charge is 2.26. The largest absolute Gasteiger partial charge is 0.349 e. The Hall–Kier alpha value is -2.80. The Balaban J connectivity index is 0.00000132. The standard InChI is InChI=1S/C22H26FN5O.C2H6/c1-3-20(15-8-10-27(2)11-9-15)26-22(29)19-12-24-14-21-18(19)13-25-28(21)17-6-4-16(23)5-7-17;1-2/h4-7,12-15,20H,3,8-11H2,1-2H3,(H,26,29);1-2H3. The Morgan fingerprint density at radius 2 is 1.84 bits per heavy atom. The Morgan fingerprint density at radius 1 is 1.16 bits per heavy atom. The van der Waals surface area contributed by atoms with E-state index < -0.39 is 0 Å². The highest BCUT2D eigenvalue weighted by atomic mass is 19.1. The van der Waals surface area contributed by atoms with E-state index in [1.54, 1.807) is 35.4 Å². The van der Waals surface area contributed by atoms with Crippen LogP contribution in [0.2, 0.25) is 0 Å². The van der Waals surface area contributed by atoms with Gasteiger partial charge in [0, 0.05) is 17.6 Å². The van der Waals surface area contributed by atoms with Gasteiger partial charge in [-0.3, -0.25) is 9.78 Å². The van der Waals surface area contributed by atoms with Gasteiger partial charge in [-0.05, 0) is 69.6 Å². The number of hydrogen-bond donors (Lipinski definition) is 1. The quantitative estimate of drug-likeness (QED) is 0.657. The molecule has 0 radical (unpaired) electrons. The maximum atomic E-state index is 13.2. The van der Waals surface area contributed by atoms with Gasteiger partial charge in [0.2, 0.25) is 0 Å². The fraction of sp³-hybridized carbons (Fsp3) is 0.458. The number of nitrogens with one attached hydrogen (secondary N) is 1. The summed E-state index contributed by atoms with van der Waals surface area (Å²) in [5.74, 6) is 0.0738. The number of likely N-dealkylation sites (tertiary alicyclic amines) is 1. The smallest absolute Gasteiger partial charge is 0.253 e. The molecule has 1 fully saturated rings. The van der Waals surface area contributed by atoms with Crippen molar-refractivity contribution in [2.75, 3.05) is 20.1 Å². The average molecular weight is 426 g/mol. The molecule has 0 spiro atoms. The van der Waals surface area contributed by atoms with Crippen molar-refractivity contribution in [1.29, 1.82) is 0 Å². The third-order valence-electron chi connectivity index (χ3n) is 5.90. The number of rotatable bonds is 5. The van der Waals surface area contributed by atoms with Crippen LogP contribution < -0.4 is 5.32 Å². The number of carbonyl (C=O) groups excluding carboxylic acids is 1. The van der Waals surface area contributed by atoms with Crippen LogP contribution in [0, 0.1) is 11.7 Å². The van der Waals surface area contributed by atoms with Crippen LogP contribution in [-0.2, 0) is 0 Å². The average Bonchev–Trinajstić information content (AvgIpc) is 3.24. The molecule has 3 heterocycles. The summed E-state index contributed by atoms with van der Waals surface area (Å²) in [6.45, 7) is 8.26. The van der Waals surface area contributed by atoms with Crippen molar-refractivity contribution in [1.82, 2.24) is 25.0 Å². The molecule has 1 aliphatic rings. The summed E-state index contributed by atoms with van der Waals surface area (Å²) in [6.07, 6.45) is 8.04. The molecule has 1 atom stereocenters. The molecule has 0 saturated carbocycles. The minimum absolute atomic E-state index is 0.118. The van der Waals surface area contributed by atoms with E-state index in [2.05, 4.69) is 34.3 Å². The molecule has 4 rings (SSSR count). The maximum Gasteiger partial charge on any atom is 0.253 e. The van der Waals surface area contributed by atoms with E-state index in [-0.39, 0.29) is 17.8 Å². The number of carbonyl (C=O) groups is 1. The van der Waals surface area contributed by atoms with Crippen LogP contribution in [0.15, 0.2) is 42.9 Å². The third-order valence-corrected chi connectivity index (χ3v) is 5.90. The predicted molar refractivity (Wildman–Crippen MR) is 122 cm³/mol. The van der Waals surface area contributed by atoms with Crippen molar-refractivity contribution in [3.63, 3.8) is 0 Å². The van der Waals surface area contributed by atoms with Crippen molar-refractivity contribution in [3.05, 3.63) is 54.2 Å². The molecule has 1 amide bonds. The lowest BCUT2D eigenvalue weighted by molar-refractivity contribution is 0.0900. The number of hydrogen-bond acceptors (Lipinski definition) is 4. The molecule has 31 heavy (non-hydrogen) atoms. The van der Waals surface area contributed by atoms with E-state index in [0.717, 1.165) is 48.9 Å². The van der Waals surface area contributed by atoms with Gasteiger partial charge in [0.15, 0.2) is 0 Å². The number of pyridine rings is 1. The summed E-state index contributed by atoms with van der Waals surface area (Å²) < 4.78 is 14.9. The summed E-state index contributed by atoms with van der Waals surface area (Å²) in [7, 11) is 2.14. The van der Waals surface area contributed by atoms with Crippen molar-refractivity contribution >= 4 is 16.8 Å². The van der Waals surface area contributed by atoms with Gasteiger partial charge in [0.25, 0.3) is 5.91 Å². The summed E-state index contributed by atoms with van der Waals surface area (Å²) in [5.41, 5.74) is 1.96. The fourth-order valence-corrected chi connectivity index (χ4v) is 4.14. The highest BCUT2D eigenvalue weighted by Crippen LogP contribution is 2.24. The van der Waals surface area contributed by atoms with Gasteiger partial charge in [-0.25, -0.2) is 9.07 Å². The van der Waals surface area contributed by atoms with Crippen LogP contribution in [0.25, 0.3) is 16.6 Å². The molecule has 0 bridgehead atoms. The van der Waals surface area contributed by atoms with Gasteiger partial charge < -0.3 is 10.2 Å². The molecule has 3 aromatic rings. The molecular formula is C24H32FN5O. The summed E-state index contributed by atoms with van der Waals surface area (Å²) >= 11 is 0. The number of fused-ring (bicyclic) bond motifs is 1. The van der Waals surface area contributed by atoms with Crippen LogP contribution in [0.5, 0.6) is 0 Å². The first kappa shape index (κ1) is 22.9. The van der Waals surface area contributed by atoms with Crippen LogP contribution in [0.3, 0.4) is 0 Å². The number of piperidine rings is 1. The van der Waals surface area contributed by atoms with E-state index in [4.69, 9.17) is 0 Å². The molecular weight excluding hydrogens is 393 g/mol. The Kier molecular flexibility index (Phi) is 7.74. The zero-order valence-corrected chi connectivity index (χ0v) is 18.8. The van der Waals surface area contributed by atoms with Crippen molar-refractivity contribution in [2.45, 2.75) is 46.1 Å². The maximum absolute atomic E-state index is 13.2. The Bertz CT molecular complexity index is 993. The SMILES string of the molecule is CC.CCC(NC(=O)c1cncc2c1cnn2-c1ccc(F)cc1)C1CCN(C)CC1. The van der Waals surface area contributed by atoms with Gasteiger partial charge in [-0.15, -0.1) is 0 Å². The second-order valence-electron chi connectivity index (χ2n) is 7.78. The second kappa shape index (κ2) is 10.5. The van der Waals surface area contributed by atoms with E-state index in [1.807, 2.05) is 13.8 Å². The van der Waals surface area contributed by atoms with Gasteiger partial charge in [-0.2, -0.15) is 5.10 Å². The van der Waals surface area contributed by atoms with Crippen LogP contribution in [0.1, 0.15) is 50.4 Å². The van der Waals surface area contributed by atoms with Gasteiger partial charge in [0.1, 0.15) is 5.82 Å². The predicted octanol–water partition coefficient (Wildman–Crippen LogP) is 4.44. The third kappa shape index (κ3) is 5.10. The monoisotopic (exact) mass is 425 g/mol. The number of halogens is 1. The molecule has 1 saturated heterocycles. The lowest BCUT2D eigenvalue weighted by atomic mass is 9.88. The van der Waals surface area contributed by atoms with Crippen LogP contribution >= 0.6 is 0 Å². The second-order valence-corrected chi connectivity index (χ2v) is 7.78. The zero-order chi connectivity index (χ0) is 22.4. The van der Waals surface area contributed by atoms with E-state index in [0.29, 0.717) is 11.5 Å². The normalized spacial score (nSPS) is 15.9. The molecule has 6 nitrogen and oxygen atoms in total. The molecule has 1 unspecified atom stereocenters. The molecule has 1 aromatic carbocycles. The van der Waals surface area contributed by atoms with Crippen molar-refractivity contribution in [3.8, 4) is 5.69 Å². The first-order valence-corrected chi connectivity index (χ1v) is 11.1. The number of amides is 1. The minimum atomic E-state index is -0.303. The Morgan fingerprint density at radius 3 is 2.48 bits per heavy atom. The highest BCUT2D eigenvalue weighted by molar-refractivity contribution is 6.06. The lowest BCUT2D eigenvalue weighted by Gasteiger charge is -2.34. The Labute approximate surface area is 183 Å². The molecule has 0 aliphatic carbocycles. The van der Waals surface area contributed by atoms with E-state index in [1.165, 1.54) is 12.1 Å².